The summed E-state index contributed by atoms with van der Waals surface area (Å²) in [5.74, 6) is 0.944. The van der Waals surface area contributed by atoms with Crippen molar-refractivity contribution in [2.24, 2.45) is 5.73 Å². The standard InChI is InChI=1S/C16H20N2O/c1-13-4-5-16(15(11-13)6-8-17)19-10-7-14-3-2-9-18-12-14/h2-5,9,11-12H,6-8,10,17H2,1H3. The first-order valence-electron chi connectivity index (χ1n) is 6.61. The Morgan fingerprint density at radius 1 is 1.21 bits per heavy atom. The Bertz CT molecular complexity index is 511. The number of hydrogen-bond donors (Lipinski definition) is 1. The summed E-state index contributed by atoms with van der Waals surface area (Å²) in [7, 11) is 0. The molecule has 0 aliphatic rings. The summed E-state index contributed by atoms with van der Waals surface area (Å²) < 4.78 is 5.87. The van der Waals surface area contributed by atoms with Crippen molar-refractivity contribution < 1.29 is 4.74 Å². The number of ether oxygens (including phenoxy) is 1. The topological polar surface area (TPSA) is 48.1 Å². The molecule has 0 amide bonds. The number of rotatable bonds is 6. The molecule has 0 saturated carbocycles. The lowest BCUT2D eigenvalue weighted by molar-refractivity contribution is 0.318. The lowest BCUT2D eigenvalue weighted by Gasteiger charge is -2.12. The minimum absolute atomic E-state index is 0.641. The van der Waals surface area contributed by atoms with E-state index in [0.29, 0.717) is 13.2 Å². The van der Waals surface area contributed by atoms with Crippen LogP contribution in [-0.4, -0.2) is 18.1 Å². The van der Waals surface area contributed by atoms with Gasteiger partial charge in [0.1, 0.15) is 5.75 Å². The van der Waals surface area contributed by atoms with Crippen LogP contribution in [0.4, 0.5) is 0 Å². The third kappa shape index (κ3) is 4.07. The highest BCUT2D eigenvalue weighted by molar-refractivity contribution is 5.37. The van der Waals surface area contributed by atoms with Crippen LogP contribution < -0.4 is 10.5 Å². The molecule has 0 radical (unpaired) electrons. The van der Waals surface area contributed by atoms with Crippen LogP contribution in [0.3, 0.4) is 0 Å². The molecular weight excluding hydrogens is 236 g/mol. The van der Waals surface area contributed by atoms with Crippen LogP contribution in [0.5, 0.6) is 5.75 Å². The summed E-state index contributed by atoms with van der Waals surface area (Å²) in [6.45, 7) is 3.38. The van der Waals surface area contributed by atoms with Gasteiger partial charge in [-0.25, -0.2) is 0 Å². The van der Waals surface area contributed by atoms with Gasteiger partial charge in [-0.3, -0.25) is 4.98 Å². The minimum atomic E-state index is 0.641. The van der Waals surface area contributed by atoms with Gasteiger partial charge in [0.25, 0.3) is 0 Å². The number of nitrogens with zero attached hydrogens (tertiary/aromatic N) is 1. The predicted molar refractivity (Wildman–Crippen MR) is 77.4 cm³/mol. The van der Waals surface area contributed by atoms with E-state index in [1.54, 1.807) is 6.20 Å². The lowest BCUT2D eigenvalue weighted by atomic mass is 10.1. The van der Waals surface area contributed by atoms with Gasteiger partial charge >= 0.3 is 0 Å². The third-order valence-electron chi connectivity index (χ3n) is 3.00. The first-order chi connectivity index (χ1) is 9.29. The molecule has 0 unspecified atom stereocenters. The summed E-state index contributed by atoms with van der Waals surface area (Å²) in [5, 5.41) is 0. The Morgan fingerprint density at radius 2 is 2.11 bits per heavy atom. The van der Waals surface area contributed by atoms with Gasteiger partial charge in [0, 0.05) is 18.8 Å². The second-order valence-electron chi connectivity index (χ2n) is 4.61. The van der Waals surface area contributed by atoms with Crippen molar-refractivity contribution in [1.29, 1.82) is 0 Å². The molecule has 1 heterocycles. The van der Waals surface area contributed by atoms with Crippen molar-refractivity contribution in [3.63, 3.8) is 0 Å². The SMILES string of the molecule is Cc1ccc(OCCc2cccnc2)c(CCN)c1. The molecule has 0 aliphatic heterocycles. The van der Waals surface area contributed by atoms with Crippen molar-refractivity contribution in [1.82, 2.24) is 4.98 Å². The highest BCUT2D eigenvalue weighted by Gasteiger charge is 2.03. The van der Waals surface area contributed by atoms with Crippen molar-refractivity contribution in [2.45, 2.75) is 19.8 Å². The van der Waals surface area contributed by atoms with E-state index in [1.807, 2.05) is 18.3 Å². The van der Waals surface area contributed by atoms with Crippen molar-refractivity contribution in [3.05, 3.63) is 59.4 Å². The molecule has 0 spiro atoms. The number of aromatic nitrogens is 1. The molecule has 3 nitrogen and oxygen atoms in total. The van der Waals surface area contributed by atoms with E-state index < -0.39 is 0 Å². The van der Waals surface area contributed by atoms with E-state index >= 15 is 0 Å². The first-order valence-corrected chi connectivity index (χ1v) is 6.61. The van der Waals surface area contributed by atoms with Crippen molar-refractivity contribution >= 4 is 0 Å². The molecule has 1 aromatic heterocycles. The molecule has 19 heavy (non-hydrogen) atoms. The van der Waals surface area contributed by atoms with Crippen LogP contribution in [0.1, 0.15) is 16.7 Å². The van der Waals surface area contributed by atoms with Crippen LogP contribution in [0.25, 0.3) is 0 Å². The van der Waals surface area contributed by atoms with Crippen LogP contribution >= 0.6 is 0 Å². The van der Waals surface area contributed by atoms with E-state index in [-0.39, 0.29) is 0 Å². The molecule has 0 fully saturated rings. The van der Waals surface area contributed by atoms with Gasteiger partial charge in [0.05, 0.1) is 6.61 Å². The Morgan fingerprint density at radius 3 is 2.84 bits per heavy atom. The zero-order valence-corrected chi connectivity index (χ0v) is 11.3. The summed E-state index contributed by atoms with van der Waals surface area (Å²) in [6, 6.07) is 10.3. The third-order valence-corrected chi connectivity index (χ3v) is 3.00. The van der Waals surface area contributed by atoms with E-state index in [4.69, 9.17) is 10.5 Å². The minimum Gasteiger partial charge on any atom is -0.493 e. The molecule has 2 rings (SSSR count). The average Bonchev–Trinajstić information content (AvgIpc) is 2.43. The largest absolute Gasteiger partial charge is 0.493 e. The second kappa shape index (κ2) is 6.90. The molecule has 2 N–H and O–H groups in total. The van der Waals surface area contributed by atoms with Crippen LogP contribution in [0.15, 0.2) is 42.7 Å². The van der Waals surface area contributed by atoms with Gasteiger partial charge in [0.2, 0.25) is 0 Å². The summed E-state index contributed by atoms with van der Waals surface area (Å²) in [6.07, 6.45) is 5.37. The number of pyridine rings is 1. The summed E-state index contributed by atoms with van der Waals surface area (Å²) in [4.78, 5) is 4.10. The van der Waals surface area contributed by atoms with Crippen LogP contribution in [0, 0.1) is 6.92 Å². The molecule has 0 atom stereocenters. The second-order valence-corrected chi connectivity index (χ2v) is 4.61. The zero-order valence-electron chi connectivity index (χ0n) is 11.3. The Kier molecular flexibility index (Phi) is 4.93. The zero-order chi connectivity index (χ0) is 13.5. The fraction of sp³-hybridized carbons (Fsp3) is 0.312. The maximum absolute atomic E-state index is 5.87. The molecule has 3 heteroatoms. The molecule has 100 valence electrons. The first kappa shape index (κ1) is 13.6. The van der Waals surface area contributed by atoms with Crippen molar-refractivity contribution in [3.8, 4) is 5.75 Å². The van der Waals surface area contributed by atoms with Gasteiger partial charge in [-0.05, 0) is 43.1 Å². The highest BCUT2D eigenvalue weighted by Crippen LogP contribution is 2.20. The van der Waals surface area contributed by atoms with E-state index in [1.165, 1.54) is 16.7 Å². The number of aryl methyl sites for hydroxylation is 1. The average molecular weight is 256 g/mol. The van der Waals surface area contributed by atoms with Gasteiger partial charge in [-0.15, -0.1) is 0 Å². The smallest absolute Gasteiger partial charge is 0.122 e. The van der Waals surface area contributed by atoms with E-state index in [2.05, 4.69) is 30.1 Å². The van der Waals surface area contributed by atoms with Gasteiger partial charge in [-0.2, -0.15) is 0 Å². The Balaban J connectivity index is 1.95. The number of nitrogens with two attached hydrogens (primary N) is 1. The highest BCUT2D eigenvalue weighted by atomic mass is 16.5. The van der Waals surface area contributed by atoms with Crippen molar-refractivity contribution in [2.75, 3.05) is 13.2 Å². The summed E-state index contributed by atoms with van der Waals surface area (Å²) in [5.41, 5.74) is 9.25. The fourth-order valence-electron chi connectivity index (χ4n) is 2.02. The monoisotopic (exact) mass is 256 g/mol. The maximum atomic E-state index is 5.87. The quantitative estimate of drug-likeness (QED) is 0.864. The number of benzene rings is 1. The van der Waals surface area contributed by atoms with Crippen LogP contribution in [0.2, 0.25) is 0 Å². The molecule has 2 aromatic rings. The van der Waals surface area contributed by atoms with E-state index in [9.17, 15) is 0 Å². The van der Waals surface area contributed by atoms with Gasteiger partial charge in [0.15, 0.2) is 0 Å². The molecular formula is C16H20N2O. The predicted octanol–water partition coefficient (Wildman–Crippen LogP) is 2.51. The summed E-state index contributed by atoms with van der Waals surface area (Å²) >= 11 is 0. The Labute approximate surface area is 114 Å². The molecule has 0 bridgehead atoms. The Hall–Kier alpha value is -1.87. The fourth-order valence-corrected chi connectivity index (χ4v) is 2.02. The van der Waals surface area contributed by atoms with E-state index in [0.717, 1.165) is 18.6 Å². The molecule has 0 aliphatic carbocycles. The normalized spacial score (nSPS) is 10.4. The van der Waals surface area contributed by atoms with Crippen LogP contribution in [-0.2, 0) is 12.8 Å². The lowest BCUT2D eigenvalue weighted by Crippen LogP contribution is -2.07. The van der Waals surface area contributed by atoms with Gasteiger partial charge in [-0.1, -0.05) is 23.8 Å². The molecule has 1 aromatic carbocycles. The maximum Gasteiger partial charge on any atom is 0.122 e. The van der Waals surface area contributed by atoms with Gasteiger partial charge < -0.3 is 10.5 Å². The number of hydrogen-bond acceptors (Lipinski definition) is 3. The molecule has 0 saturated heterocycles.